The number of carbonyl (C=O) groups excluding carboxylic acids is 1. The molecule has 2 fully saturated rings. The number of aryl methyl sites for hydroxylation is 1. The monoisotopic (exact) mass is 391 g/mol. The number of hydrogen-bond donors (Lipinski definition) is 1. The van der Waals surface area contributed by atoms with Crippen LogP contribution in [0.3, 0.4) is 0 Å². The lowest BCUT2D eigenvalue weighted by Crippen LogP contribution is -2.44. The SMILES string of the molecule is CC(=O)Nc1ccc(CN2CC[C@]3(CCCN(Cc4cccc(C)c4)C3)C2)cc1. The van der Waals surface area contributed by atoms with Gasteiger partial charge in [-0.2, -0.15) is 0 Å². The molecule has 29 heavy (non-hydrogen) atoms. The molecule has 2 heterocycles. The summed E-state index contributed by atoms with van der Waals surface area (Å²) in [5.74, 6) is -0.0215. The number of anilines is 1. The van der Waals surface area contributed by atoms with Gasteiger partial charge < -0.3 is 5.32 Å². The van der Waals surface area contributed by atoms with E-state index in [1.54, 1.807) is 6.92 Å². The molecule has 4 rings (SSSR count). The summed E-state index contributed by atoms with van der Waals surface area (Å²) in [6.07, 6.45) is 3.97. The van der Waals surface area contributed by atoms with Gasteiger partial charge in [0.1, 0.15) is 0 Å². The summed E-state index contributed by atoms with van der Waals surface area (Å²) < 4.78 is 0. The summed E-state index contributed by atoms with van der Waals surface area (Å²) in [6.45, 7) is 10.6. The van der Waals surface area contributed by atoms with Crippen LogP contribution in [0.5, 0.6) is 0 Å². The highest BCUT2D eigenvalue weighted by Crippen LogP contribution is 2.39. The van der Waals surface area contributed by atoms with Crippen LogP contribution in [0, 0.1) is 12.3 Å². The Kier molecular flexibility index (Phi) is 6.02. The lowest BCUT2D eigenvalue weighted by Gasteiger charge is -2.40. The Hall–Kier alpha value is -2.17. The van der Waals surface area contributed by atoms with Crippen molar-refractivity contribution in [2.75, 3.05) is 31.5 Å². The van der Waals surface area contributed by atoms with Crippen molar-refractivity contribution in [3.05, 3.63) is 65.2 Å². The van der Waals surface area contributed by atoms with E-state index in [0.29, 0.717) is 5.41 Å². The number of amides is 1. The zero-order valence-electron chi connectivity index (χ0n) is 17.8. The quantitative estimate of drug-likeness (QED) is 0.818. The second-order valence-corrected chi connectivity index (χ2v) is 9.14. The van der Waals surface area contributed by atoms with Crippen LogP contribution in [0.1, 0.15) is 42.9 Å². The molecule has 0 saturated carbocycles. The van der Waals surface area contributed by atoms with Crippen LogP contribution in [0.25, 0.3) is 0 Å². The van der Waals surface area contributed by atoms with Gasteiger partial charge in [0.05, 0.1) is 0 Å². The standard InChI is InChI=1S/C25H33N3O/c1-20-5-3-6-23(15-20)17-27-13-4-11-25(18-27)12-14-28(19-25)16-22-7-9-24(10-8-22)26-21(2)29/h3,5-10,15H,4,11-14,16-19H2,1-2H3,(H,26,29)/t25-/m0/s1. The summed E-state index contributed by atoms with van der Waals surface area (Å²) in [5.41, 5.74) is 5.45. The minimum Gasteiger partial charge on any atom is -0.326 e. The van der Waals surface area contributed by atoms with Gasteiger partial charge in [0, 0.05) is 38.8 Å². The second-order valence-electron chi connectivity index (χ2n) is 9.14. The summed E-state index contributed by atoms with van der Waals surface area (Å²) in [6, 6.07) is 17.2. The molecule has 0 aromatic heterocycles. The molecular weight excluding hydrogens is 358 g/mol. The van der Waals surface area contributed by atoms with Gasteiger partial charge in [-0.3, -0.25) is 14.6 Å². The molecule has 1 atom stereocenters. The van der Waals surface area contributed by atoms with Gasteiger partial charge in [0.2, 0.25) is 5.91 Å². The Bertz CT molecular complexity index is 847. The molecule has 4 nitrogen and oxygen atoms in total. The second kappa shape index (κ2) is 8.68. The molecule has 1 amide bonds. The van der Waals surface area contributed by atoms with Crippen LogP contribution in [0.4, 0.5) is 5.69 Å². The minimum atomic E-state index is -0.0215. The van der Waals surface area contributed by atoms with Gasteiger partial charge in [-0.05, 0) is 68.0 Å². The molecule has 2 saturated heterocycles. The molecular formula is C25H33N3O. The van der Waals surface area contributed by atoms with Crippen molar-refractivity contribution < 1.29 is 4.79 Å². The van der Waals surface area contributed by atoms with Crippen molar-refractivity contribution >= 4 is 11.6 Å². The van der Waals surface area contributed by atoms with E-state index >= 15 is 0 Å². The number of carbonyl (C=O) groups is 1. The maximum Gasteiger partial charge on any atom is 0.221 e. The number of hydrogen-bond acceptors (Lipinski definition) is 3. The minimum absolute atomic E-state index is 0.0215. The summed E-state index contributed by atoms with van der Waals surface area (Å²) >= 11 is 0. The predicted molar refractivity (Wildman–Crippen MR) is 119 cm³/mol. The summed E-state index contributed by atoms with van der Waals surface area (Å²) in [5, 5.41) is 2.84. The van der Waals surface area contributed by atoms with Gasteiger partial charge in [0.15, 0.2) is 0 Å². The summed E-state index contributed by atoms with van der Waals surface area (Å²) in [7, 11) is 0. The fourth-order valence-electron chi connectivity index (χ4n) is 5.16. The maximum absolute atomic E-state index is 11.2. The largest absolute Gasteiger partial charge is 0.326 e. The number of nitrogens with one attached hydrogen (secondary N) is 1. The van der Waals surface area contributed by atoms with Crippen molar-refractivity contribution in [1.29, 1.82) is 0 Å². The van der Waals surface area contributed by atoms with Crippen LogP contribution in [0.2, 0.25) is 0 Å². The van der Waals surface area contributed by atoms with Crippen molar-refractivity contribution in [2.24, 2.45) is 5.41 Å². The third-order valence-electron chi connectivity index (χ3n) is 6.43. The fourth-order valence-corrected chi connectivity index (χ4v) is 5.16. The highest BCUT2D eigenvalue weighted by molar-refractivity contribution is 5.88. The van der Waals surface area contributed by atoms with Gasteiger partial charge in [0.25, 0.3) is 0 Å². The molecule has 0 aliphatic carbocycles. The first-order chi connectivity index (χ1) is 14.0. The van der Waals surface area contributed by atoms with E-state index in [9.17, 15) is 4.79 Å². The van der Waals surface area contributed by atoms with E-state index in [0.717, 1.165) is 18.8 Å². The number of rotatable bonds is 5. The maximum atomic E-state index is 11.2. The highest BCUT2D eigenvalue weighted by atomic mass is 16.1. The molecule has 4 heteroatoms. The third kappa shape index (κ3) is 5.26. The smallest absolute Gasteiger partial charge is 0.221 e. The molecule has 1 spiro atoms. The Morgan fingerprint density at radius 1 is 0.966 bits per heavy atom. The van der Waals surface area contributed by atoms with Crippen LogP contribution >= 0.6 is 0 Å². The first-order valence-corrected chi connectivity index (χ1v) is 10.9. The molecule has 0 radical (unpaired) electrons. The van der Waals surface area contributed by atoms with Gasteiger partial charge >= 0.3 is 0 Å². The zero-order valence-corrected chi connectivity index (χ0v) is 17.8. The predicted octanol–water partition coefficient (Wildman–Crippen LogP) is 4.44. The van der Waals surface area contributed by atoms with Gasteiger partial charge in [-0.25, -0.2) is 0 Å². The Labute approximate surface area is 174 Å². The van der Waals surface area contributed by atoms with E-state index in [1.165, 1.54) is 62.1 Å². The molecule has 2 aliphatic heterocycles. The Morgan fingerprint density at radius 3 is 2.41 bits per heavy atom. The van der Waals surface area contributed by atoms with Crippen LogP contribution < -0.4 is 5.32 Å². The van der Waals surface area contributed by atoms with E-state index < -0.39 is 0 Å². The van der Waals surface area contributed by atoms with Crippen LogP contribution in [-0.4, -0.2) is 41.9 Å². The fraction of sp³-hybridized carbons (Fsp3) is 0.480. The van der Waals surface area contributed by atoms with Crippen molar-refractivity contribution in [3.8, 4) is 0 Å². The zero-order chi connectivity index (χ0) is 20.3. The summed E-state index contributed by atoms with van der Waals surface area (Å²) in [4.78, 5) is 16.5. The van der Waals surface area contributed by atoms with Crippen LogP contribution in [0.15, 0.2) is 48.5 Å². The normalized spacial score (nSPS) is 22.8. The lowest BCUT2D eigenvalue weighted by molar-refractivity contribution is -0.114. The van der Waals surface area contributed by atoms with E-state index in [4.69, 9.17) is 0 Å². The number of piperidine rings is 1. The van der Waals surface area contributed by atoms with Gasteiger partial charge in [-0.15, -0.1) is 0 Å². The van der Waals surface area contributed by atoms with E-state index in [1.807, 2.05) is 12.1 Å². The van der Waals surface area contributed by atoms with E-state index in [-0.39, 0.29) is 5.91 Å². The van der Waals surface area contributed by atoms with Crippen LogP contribution in [-0.2, 0) is 17.9 Å². The molecule has 1 N–H and O–H groups in total. The number of benzene rings is 2. The molecule has 0 bridgehead atoms. The number of nitrogens with zero attached hydrogens (tertiary/aromatic N) is 2. The Morgan fingerprint density at radius 2 is 1.69 bits per heavy atom. The number of likely N-dealkylation sites (tertiary alicyclic amines) is 2. The molecule has 2 aromatic rings. The molecule has 2 aromatic carbocycles. The first kappa shape index (κ1) is 20.1. The van der Waals surface area contributed by atoms with Crippen molar-refractivity contribution in [1.82, 2.24) is 9.80 Å². The van der Waals surface area contributed by atoms with Gasteiger partial charge in [-0.1, -0.05) is 42.0 Å². The average molecular weight is 392 g/mol. The van der Waals surface area contributed by atoms with Crippen molar-refractivity contribution in [2.45, 2.75) is 46.2 Å². The molecule has 154 valence electrons. The molecule has 2 aliphatic rings. The lowest BCUT2D eigenvalue weighted by atomic mass is 9.79. The van der Waals surface area contributed by atoms with Crippen molar-refractivity contribution in [3.63, 3.8) is 0 Å². The molecule has 0 unspecified atom stereocenters. The topological polar surface area (TPSA) is 35.6 Å². The highest BCUT2D eigenvalue weighted by Gasteiger charge is 2.41. The average Bonchev–Trinajstić information content (AvgIpc) is 3.04. The first-order valence-electron chi connectivity index (χ1n) is 10.9. The Balaban J connectivity index is 1.33. The van der Waals surface area contributed by atoms with E-state index in [2.05, 4.69) is 58.4 Å². The third-order valence-corrected chi connectivity index (χ3v) is 6.43.